The highest BCUT2D eigenvalue weighted by atomic mass is 32.7. The first-order valence-electron chi connectivity index (χ1n) is 6.52. The topological polar surface area (TPSA) is 29.5 Å². The number of thiol groups is 1. The summed E-state index contributed by atoms with van der Waals surface area (Å²) in [6.45, 7) is 9.60. The Morgan fingerprint density at radius 3 is 2.12 bits per heavy atom. The van der Waals surface area contributed by atoms with Gasteiger partial charge in [0.2, 0.25) is 0 Å². The van der Waals surface area contributed by atoms with Gasteiger partial charge in [0.05, 0.1) is 6.61 Å². The van der Waals surface area contributed by atoms with Crippen molar-refractivity contribution in [3.63, 3.8) is 0 Å². The fourth-order valence-corrected chi connectivity index (χ4v) is 3.91. The predicted octanol–water partition coefficient (Wildman–Crippen LogP) is 4.04. The molecule has 104 valence electrons. The van der Waals surface area contributed by atoms with E-state index >= 15 is 0 Å². The molecule has 17 heavy (non-hydrogen) atoms. The number of unbranched alkanes of at least 4 members (excludes halogenated alkanes) is 1. The molecule has 1 atom stereocenters. The predicted molar refractivity (Wildman–Crippen MR) is 79.3 cm³/mol. The number of nitrogens with zero attached hydrogens (tertiary/aromatic N) is 1. The van der Waals surface area contributed by atoms with Gasteiger partial charge in [-0.1, -0.05) is 12.2 Å². The van der Waals surface area contributed by atoms with Crippen molar-refractivity contribution in [1.82, 2.24) is 4.90 Å². The van der Waals surface area contributed by atoms with Gasteiger partial charge in [-0.3, -0.25) is 9.46 Å². The first kappa shape index (κ1) is 17.5. The third-order valence-corrected chi connectivity index (χ3v) is 5.25. The zero-order chi connectivity index (χ0) is 13.5. The van der Waals surface area contributed by atoms with E-state index in [4.69, 9.17) is 4.52 Å². The molecule has 0 aromatic rings. The zero-order valence-electron chi connectivity index (χ0n) is 11.8. The second kappa shape index (κ2) is 8.58. The van der Waals surface area contributed by atoms with E-state index in [-0.39, 0.29) is 0 Å². The van der Waals surface area contributed by atoms with Crippen LogP contribution in [0.4, 0.5) is 0 Å². The van der Waals surface area contributed by atoms with E-state index in [1.165, 1.54) is 0 Å². The second-order valence-electron chi connectivity index (χ2n) is 4.91. The van der Waals surface area contributed by atoms with Crippen molar-refractivity contribution in [3.05, 3.63) is 0 Å². The van der Waals surface area contributed by atoms with Gasteiger partial charge in [0.25, 0.3) is 6.57 Å². The molecule has 0 aliphatic rings. The third-order valence-electron chi connectivity index (χ3n) is 2.76. The van der Waals surface area contributed by atoms with Gasteiger partial charge in [-0.25, -0.2) is 0 Å². The molecular weight excluding hydrogens is 253 g/mol. The average molecular weight is 281 g/mol. The first-order valence-corrected chi connectivity index (χ1v) is 9.48. The van der Waals surface area contributed by atoms with Gasteiger partial charge >= 0.3 is 0 Å². The second-order valence-corrected chi connectivity index (χ2v) is 8.72. The van der Waals surface area contributed by atoms with E-state index in [0.29, 0.717) is 24.9 Å². The molecule has 0 fully saturated rings. The highest BCUT2D eigenvalue weighted by Crippen LogP contribution is 2.52. The van der Waals surface area contributed by atoms with Crippen LogP contribution in [0.1, 0.15) is 47.5 Å². The van der Waals surface area contributed by atoms with Crippen molar-refractivity contribution in [3.8, 4) is 0 Å². The Bertz CT molecular complexity index is 239. The van der Waals surface area contributed by atoms with Crippen LogP contribution in [0, 0.1) is 0 Å². The van der Waals surface area contributed by atoms with Crippen LogP contribution in [0.25, 0.3) is 0 Å². The number of hydrogen-bond donors (Lipinski definition) is 1. The van der Waals surface area contributed by atoms with Gasteiger partial charge < -0.3 is 4.52 Å². The zero-order valence-corrected chi connectivity index (χ0v) is 13.6. The van der Waals surface area contributed by atoms with Crippen molar-refractivity contribution < 1.29 is 9.09 Å². The Kier molecular flexibility index (Phi) is 8.83. The Morgan fingerprint density at radius 2 is 1.71 bits per heavy atom. The van der Waals surface area contributed by atoms with Gasteiger partial charge in [-0.2, -0.15) is 0 Å². The maximum Gasteiger partial charge on any atom is 0.254 e. The smallest absolute Gasteiger partial charge is 0.254 e. The minimum atomic E-state index is -2.62. The molecule has 3 nitrogen and oxygen atoms in total. The summed E-state index contributed by atoms with van der Waals surface area (Å²) < 4.78 is 16.9. The van der Waals surface area contributed by atoms with Crippen molar-refractivity contribution in [1.29, 1.82) is 0 Å². The van der Waals surface area contributed by atoms with E-state index < -0.39 is 6.57 Å². The summed E-state index contributed by atoms with van der Waals surface area (Å²) in [5.41, 5.74) is 0. The molecule has 0 amide bonds. The van der Waals surface area contributed by atoms with Gasteiger partial charge in [-0.15, -0.1) is 0 Å². The van der Waals surface area contributed by atoms with Gasteiger partial charge in [0, 0.05) is 18.2 Å². The summed E-state index contributed by atoms with van der Waals surface area (Å²) in [5.74, 6) is 0. The lowest BCUT2D eigenvalue weighted by Gasteiger charge is -2.30. The molecule has 0 aromatic heterocycles. The van der Waals surface area contributed by atoms with Gasteiger partial charge in [0.1, 0.15) is 0 Å². The Morgan fingerprint density at radius 1 is 1.18 bits per heavy atom. The Labute approximate surface area is 112 Å². The molecule has 0 aliphatic carbocycles. The molecule has 0 N–H and O–H groups in total. The average Bonchev–Trinajstić information content (AvgIpc) is 2.15. The largest absolute Gasteiger partial charge is 0.322 e. The molecule has 0 heterocycles. The monoisotopic (exact) mass is 281 g/mol. The quantitative estimate of drug-likeness (QED) is 0.393. The third kappa shape index (κ3) is 8.25. The maximum absolute atomic E-state index is 11.8. The summed E-state index contributed by atoms with van der Waals surface area (Å²) in [6, 6.07) is 1.12. The van der Waals surface area contributed by atoms with Crippen LogP contribution in [0.3, 0.4) is 0 Å². The molecule has 5 heteroatoms. The van der Waals surface area contributed by atoms with Crippen LogP contribution in [-0.2, 0) is 9.09 Å². The lowest BCUT2D eigenvalue weighted by molar-refractivity contribution is 0.172. The van der Waals surface area contributed by atoms with E-state index in [1.807, 2.05) is 6.92 Å². The van der Waals surface area contributed by atoms with Crippen LogP contribution < -0.4 is 0 Å². The fourth-order valence-electron chi connectivity index (χ4n) is 1.98. The summed E-state index contributed by atoms with van der Waals surface area (Å²) in [6.07, 6.45) is 2.54. The van der Waals surface area contributed by atoms with Crippen molar-refractivity contribution in [2.75, 3.05) is 19.3 Å². The Hall–Kier alpha value is 0.500. The minimum absolute atomic E-state index is 0.477. The molecule has 0 aliphatic heterocycles. The van der Waals surface area contributed by atoms with Crippen molar-refractivity contribution in [2.24, 2.45) is 0 Å². The maximum atomic E-state index is 11.8. The summed E-state index contributed by atoms with van der Waals surface area (Å²) in [5, 5.41) is 0. The van der Waals surface area contributed by atoms with E-state index in [1.54, 1.807) is 0 Å². The van der Waals surface area contributed by atoms with Gasteiger partial charge in [-0.05, 0) is 54.0 Å². The molecule has 0 radical (unpaired) electrons. The molecule has 0 saturated carbocycles. The van der Waals surface area contributed by atoms with E-state index in [2.05, 4.69) is 44.8 Å². The van der Waals surface area contributed by atoms with Crippen LogP contribution in [-0.4, -0.2) is 36.3 Å². The number of hydrogen-bond acceptors (Lipinski definition) is 3. The summed E-state index contributed by atoms with van der Waals surface area (Å²) in [4.78, 5) is 2.45. The lowest BCUT2D eigenvalue weighted by Crippen LogP contribution is -2.37. The fraction of sp³-hybridized carbons (Fsp3) is 1.00. The minimum Gasteiger partial charge on any atom is -0.322 e. The van der Waals surface area contributed by atoms with Crippen molar-refractivity contribution >= 4 is 18.8 Å². The molecule has 0 aromatic carbocycles. The lowest BCUT2D eigenvalue weighted by atomic mass is 10.2. The van der Waals surface area contributed by atoms with Crippen LogP contribution in [0.5, 0.6) is 0 Å². The molecule has 0 rings (SSSR count). The standard InChI is InChI=1S/C12H28NO2PS/c1-6-15-16(14,17)10-8-7-9-13(11(2)3)12(4)5/h11-12H,6-10H2,1-5H3,(H,14,17)/t16-/m0/s1. The van der Waals surface area contributed by atoms with E-state index in [9.17, 15) is 4.57 Å². The first-order chi connectivity index (χ1) is 7.80. The SMILES string of the molecule is CCO[P@](=O)(S)CCCCN(C(C)C)C(C)C. The molecular formula is C12H28NO2PS. The summed E-state index contributed by atoms with van der Waals surface area (Å²) >= 11 is 4.09. The van der Waals surface area contributed by atoms with E-state index in [0.717, 1.165) is 19.4 Å². The highest BCUT2D eigenvalue weighted by molar-refractivity contribution is 8.46. The van der Waals surface area contributed by atoms with Crippen LogP contribution >= 0.6 is 18.8 Å². The molecule has 0 unspecified atom stereocenters. The molecule has 0 spiro atoms. The van der Waals surface area contributed by atoms with Crippen LogP contribution in [0.15, 0.2) is 0 Å². The van der Waals surface area contributed by atoms with Crippen molar-refractivity contribution in [2.45, 2.75) is 59.5 Å². The molecule has 0 saturated heterocycles. The highest BCUT2D eigenvalue weighted by Gasteiger charge is 2.17. The van der Waals surface area contributed by atoms with Crippen LogP contribution in [0.2, 0.25) is 0 Å². The normalized spacial score (nSPS) is 15.8. The Balaban J connectivity index is 3.87. The number of rotatable bonds is 9. The summed E-state index contributed by atoms with van der Waals surface area (Å²) in [7, 11) is 0. The van der Waals surface area contributed by atoms with Gasteiger partial charge in [0.15, 0.2) is 0 Å². The molecule has 0 bridgehead atoms.